The van der Waals surface area contributed by atoms with Crippen molar-refractivity contribution < 1.29 is 35.9 Å². The zero-order valence-corrected chi connectivity index (χ0v) is 19.0. The van der Waals surface area contributed by atoms with Crippen LogP contribution in [0.2, 0.25) is 0 Å². The smallest absolute Gasteiger partial charge is 0.416 e. The lowest BCUT2D eigenvalue weighted by Gasteiger charge is -2.22. The van der Waals surface area contributed by atoms with E-state index in [1.165, 1.54) is 12.3 Å². The van der Waals surface area contributed by atoms with Crippen molar-refractivity contribution in [2.24, 2.45) is 5.10 Å². The first-order valence-corrected chi connectivity index (χ1v) is 11.7. The lowest BCUT2D eigenvalue weighted by molar-refractivity contribution is -0.137. The second-order valence-electron chi connectivity index (χ2n) is 6.68. The number of nitrogens with zero attached hydrogens (tertiary/aromatic N) is 2. The molecule has 2 rings (SSSR count). The van der Waals surface area contributed by atoms with E-state index < -0.39 is 34.2 Å². The Kier molecular flexibility index (Phi) is 8.69. The molecule has 1 N–H and O–H groups in total. The quantitative estimate of drug-likeness (QED) is 0.409. The fraction of sp³-hybridized carbons (Fsp3) is 0.333. The summed E-state index contributed by atoms with van der Waals surface area (Å²) in [5, 5.41) is 3.78. The maximum Gasteiger partial charge on any atom is 0.416 e. The Labute approximate surface area is 190 Å². The standard InChI is InChI=1S/C21H24F3N3O5S/c1-4-31-18-10-9-15(11-19(18)32-5-2)13-25-26-20(28)14-27(33(3,29)30)17-8-6-7-16(12-17)21(22,23)24/h6-13H,4-5,14H2,1-3H3,(H,26,28)/b25-13-. The summed E-state index contributed by atoms with van der Waals surface area (Å²) in [6.45, 7) is 3.75. The fourth-order valence-electron chi connectivity index (χ4n) is 2.73. The molecule has 0 aliphatic heterocycles. The van der Waals surface area contributed by atoms with E-state index in [0.29, 0.717) is 40.6 Å². The molecular formula is C21H24F3N3O5S. The SMILES string of the molecule is CCOc1ccc(/C=N\NC(=O)CN(c2cccc(C(F)(F)F)c2)S(C)(=O)=O)cc1OCC. The van der Waals surface area contributed by atoms with E-state index in [2.05, 4.69) is 10.5 Å². The number of carbonyl (C=O) groups excluding carboxylic acids is 1. The molecule has 0 heterocycles. The summed E-state index contributed by atoms with van der Waals surface area (Å²) in [6.07, 6.45) is -2.56. The van der Waals surface area contributed by atoms with E-state index in [9.17, 15) is 26.4 Å². The third-order valence-corrected chi connectivity index (χ3v) is 5.26. The van der Waals surface area contributed by atoms with E-state index in [1.54, 1.807) is 18.2 Å². The largest absolute Gasteiger partial charge is 0.490 e. The minimum Gasteiger partial charge on any atom is -0.490 e. The van der Waals surface area contributed by atoms with Crippen molar-refractivity contribution in [1.29, 1.82) is 0 Å². The second-order valence-corrected chi connectivity index (χ2v) is 8.59. The lowest BCUT2D eigenvalue weighted by Crippen LogP contribution is -2.39. The number of hydrogen-bond acceptors (Lipinski definition) is 6. The third kappa shape index (κ3) is 7.67. The summed E-state index contributed by atoms with van der Waals surface area (Å²) < 4.78 is 74.7. The van der Waals surface area contributed by atoms with Gasteiger partial charge in [-0.05, 0) is 55.8 Å². The Balaban J connectivity index is 2.14. The molecule has 0 fully saturated rings. The van der Waals surface area contributed by atoms with Crippen LogP contribution < -0.4 is 19.2 Å². The number of hydrazone groups is 1. The summed E-state index contributed by atoms with van der Waals surface area (Å²) in [7, 11) is -4.05. The summed E-state index contributed by atoms with van der Waals surface area (Å²) in [6, 6.07) is 8.70. The molecule has 12 heteroatoms. The highest BCUT2D eigenvalue weighted by Gasteiger charge is 2.32. The summed E-state index contributed by atoms with van der Waals surface area (Å²) in [5.41, 5.74) is 1.41. The van der Waals surface area contributed by atoms with Crippen LogP contribution in [0.25, 0.3) is 0 Å². The summed E-state index contributed by atoms with van der Waals surface area (Å²) in [5.74, 6) is 0.192. The molecule has 0 spiro atoms. The Morgan fingerprint density at radius 2 is 1.76 bits per heavy atom. The van der Waals surface area contributed by atoms with Gasteiger partial charge in [0.25, 0.3) is 5.91 Å². The highest BCUT2D eigenvalue weighted by Crippen LogP contribution is 2.32. The molecule has 0 radical (unpaired) electrons. The minimum absolute atomic E-state index is 0.292. The number of carbonyl (C=O) groups is 1. The molecule has 0 bridgehead atoms. The first-order chi connectivity index (χ1) is 15.5. The highest BCUT2D eigenvalue weighted by molar-refractivity contribution is 7.92. The molecule has 0 atom stereocenters. The van der Waals surface area contributed by atoms with Crippen LogP contribution in [0.5, 0.6) is 11.5 Å². The number of benzene rings is 2. The molecule has 180 valence electrons. The first-order valence-electron chi connectivity index (χ1n) is 9.82. The van der Waals surface area contributed by atoms with Gasteiger partial charge < -0.3 is 9.47 Å². The van der Waals surface area contributed by atoms with Gasteiger partial charge in [0.05, 0.1) is 36.9 Å². The summed E-state index contributed by atoms with van der Waals surface area (Å²) >= 11 is 0. The van der Waals surface area contributed by atoms with Crippen LogP contribution in [0.15, 0.2) is 47.6 Å². The van der Waals surface area contributed by atoms with Gasteiger partial charge in [-0.1, -0.05) is 6.07 Å². The fourth-order valence-corrected chi connectivity index (χ4v) is 3.58. The van der Waals surface area contributed by atoms with Gasteiger partial charge in [-0.15, -0.1) is 0 Å². The van der Waals surface area contributed by atoms with Gasteiger partial charge in [-0.3, -0.25) is 9.10 Å². The zero-order chi connectivity index (χ0) is 24.6. The molecule has 1 amide bonds. The van der Waals surface area contributed by atoms with Gasteiger partial charge in [-0.2, -0.15) is 18.3 Å². The van der Waals surface area contributed by atoms with E-state index in [-0.39, 0.29) is 5.69 Å². The van der Waals surface area contributed by atoms with Crippen LogP contribution in [0.4, 0.5) is 18.9 Å². The number of alkyl halides is 3. The highest BCUT2D eigenvalue weighted by atomic mass is 32.2. The Bertz CT molecular complexity index is 1100. The van der Waals surface area contributed by atoms with Crippen molar-refractivity contribution in [3.63, 3.8) is 0 Å². The first kappa shape index (κ1) is 26.0. The van der Waals surface area contributed by atoms with Gasteiger partial charge in [0.2, 0.25) is 10.0 Å². The van der Waals surface area contributed by atoms with Crippen LogP contribution in [0.3, 0.4) is 0 Å². The van der Waals surface area contributed by atoms with Crippen molar-refractivity contribution in [1.82, 2.24) is 5.43 Å². The number of ether oxygens (including phenoxy) is 2. The normalized spacial score (nSPS) is 11.9. The van der Waals surface area contributed by atoms with Crippen molar-refractivity contribution in [2.45, 2.75) is 20.0 Å². The van der Waals surface area contributed by atoms with Crippen molar-refractivity contribution in [3.05, 3.63) is 53.6 Å². The van der Waals surface area contributed by atoms with Gasteiger partial charge in [0.1, 0.15) is 6.54 Å². The average Bonchev–Trinajstić information content (AvgIpc) is 2.73. The molecule has 0 aliphatic carbocycles. The average molecular weight is 488 g/mol. The zero-order valence-electron chi connectivity index (χ0n) is 18.2. The number of hydrogen-bond donors (Lipinski definition) is 1. The molecule has 0 aliphatic rings. The number of anilines is 1. The van der Waals surface area contributed by atoms with E-state index in [4.69, 9.17) is 9.47 Å². The number of rotatable bonds is 10. The van der Waals surface area contributed by atoms with Crippen molar-refractivity contribution >= 4 is 27.8 Å². The van der Waals surface area contributed by atoms with Crippen LogP contribution in [0.1, 0.15) is 25.0 Å². The molecule has 0 saturated carbocycles. The van der Waals surface area contributed by atoms with Gasteiger partial charge in [0.15, 0.2) is 11.5 Å². The Morgan fingerprint density at radius 3 is 2.36 bits per heavy atom. The lowest BCUT2D eigenvalue weighted by atomic mass is 10.2. The molecule has 2 aromatic carbocycles. The topological polar surface area (TPSA) is 97.3 Å². The molecule has 8 nitrogen and oxygen atoms in total. The predicted octanol–water partition coefficient (Wildman–Crippen LogP) is 3.42. The predicted molar refractivity (Wildman–Crippen MR) is 118 cm³/mol. The molecule has 0 unspecified atom stereocenters. The minimum atomic E-state index is -4.66. The number of nitrogens with one attached hydrogen (secondary N) is 1. The van der Waals surface area contributed by atoms with Crippen LogP contribution in [-0.4, -0.2) is 46.6 Å². The molecular weight excluding hydrogens is 463 g/mol. The van der Waals surface area contributed by atoms with Gasteiger partial charge in [0, 0.05) is 0 Å². The molecule has 2 aromatic rings. The maximum atomic E-state index is 13.0. The van der Waals surface area contributed by atoms with Gasteiger partial charge >= 0.3 is 6.18 Å². The Hall–Kier alpha value is -3.28. The third-order valence-electron chi connectivity index (χ3n) is 4.12. The van der Waals surface area contributed by atoms with Gasteiger partial charge in [-0.25, -0.2) is 13.8 Å². The number of halogens is 3. The monoisotopic (exact) mass is 487 g/mol. The summed E-state index contributed by atoms with van der Waals surface area (Å²) in [4.78, 5) is 12.3. The molecule has 33 heavy (non-hydrogen) atoms. The second kappa shape index (κ2) is 11.0. The Morgan fingerprint density at radius 1 is 1.09 bits per heavy atom. The van der Waals surface area contributed by atoms with E-state index >= 15 is 0 Å². The van der Waals surface area contributed by atoms with Crippen molar-refractivity contribution in [3.8, 4) is 11.5 Å². The van der Waals surface area contributed by atoms with Crippen LogP contribution in [-0.2, 0) is 21.0 Å². The van der Waals surface area contributed by atoms with E-state index in [1.807, 2.05) is 13.8 Å². The van der Waals surface area contributed by atoms with Crippen molar-refractivity contribution in [2.75, 3.05) is 30.3 Å². The number of sulfonamides is 1. The number of amides is 1. The van der Waals surface area contributed by atoms with Crippen LogP contribution in [0, 0.1) is 0 Å². The van der Waals surface area contributed by atoms with E-state index in [0.717, 1.165) is 18.4 Å². The maximum absolute atomic E-state index is 13.0. The molecule has 0 aromatic heterocycles. The molecule has 0 saturated heterocycles. The van der Waals surface area contributed by atoms with Crippen LogP contribution >= 0.6 is 0 Å².